The number of aromatic amines is 2. The maximum absolute atomic E-state index is 13.3. The molecule has 15 heteroatoms. The van der Waals surface area contributed by atoms with Crippen LogP contribution < -0.4 is 33.2 Å². The predicted octanol–water partition coefficient (Wildman–Crippen LogP) is -1.96. The predicted molar refractivity (Wildman–Crippen MR) is 142 cm³/mol. The smallest absolute Gasteiger partial charge is 0.326 e. The molecule has 0 aliphatic rings. The summed E-state index contributed by atoms with van der Waals surface area (Å²) in [5.74, 6) is -3.01. The molecular weight excluding hydrogens is 508 g/mol. The van der Waals surface area contributed by atoms with Gasteiger partial charge in [-0.15, -0.1) is 0 Å². The Morgan fingerprint density at radius 2 is 1.21 bits per heavy atom. The molecule has 0 aromatic carbocycles. The number of nitrogens with two attached hydrogens (primary N) is 3. The monoisotopic (exact) mass is 548 g/mol. The number of carbonyl (C=O) groups excluding carboxylic acids is 3. The molecule has 0 radical (unpaired) electrons. The van der Waals surface area contributed by atoms with Crippen molar-refractivity contribution in [1.82, 2.24) is 35.9 Å². The lowest BCUT2D eigenvalue weighted by atomic mass is 10.0. The van der Waals surface area contributed by atoms with Crippen molar-refractivity contribution < 1.29 is 24.3 Å². The number of carbonyl (C=O) groups is 4. The zero-order valence-corrected chi connectivity index (χ0v) is 21.9. The van der Waals surface area contributed by atoms with E-state index in [9.17, 15) is 24.3 Å². The Morgan fingerprint density at radius 3 is 1.64 bits per heavy atom. The first-order valence-electron chi connectivity index (χ1n) is 13.0. The molecule has 0 aliphatic heterocycles. The third-order valence-corrected chi connectivity index (χ3v) is 6.08. The van der Waals surface area contributed by atoms with Gasteiger partial charge in [-0.3, -0.25) is 14.4 Å². The molecule has 2 heterocycles. The number of imidazole rings is 2. The van der Waals surface area contributed by atoms with Crippen LogP contribution in [0.15, 0.2) is 25.0 Å². The van der Waals surface area contributed by atoms with E-state index in [1.165, 1.54) is 18.9 Å². The Bertz CT molecular complexity index is 1010. The van der Waals surface area contributed by atoms with E-state index in [0.29, 0.717) is 50.2 Å². The van der Waals surface area contributed by atoms with E-state index in [1.54, 1.807) is 6.20 Å². The van der Waals surface area contributed by atoms with E-state index in [1.807, 2.05) is 0 Å². The van der Waals surface area contributed by atoms with Crippen molar-refractivity contribution in [3.05, 3.63) is 36.4 Å². The Balaban J connectivity index is 2.10. The van der Waals surface area contributed by atoms with Gasteiger partial charge in [0.1, 0.15) is 18.1 Å². The van der Waals surface area contributed by atoms with Crippen LogP contribution in [0, 0.1) is 0 Å². The van der Waals surface area contributed by atoms with Crippen LogP contribution in [0.3, 0.4) is 0 Å². The number of carboxylic acids is 1. The minimum absolute atomic E-state index is 0.0173. The van der Waals surface area contributed by atoms with Gasteiger partial charge in [-0.1, -0.05) is 0 Å². The summed E-state index contributed by atoms with van der Waals surface area (Å²) in [6, 6.07) is -4.19. The number of nitrogens with zero attached hydrogens (tertiary/aromatic N) is 2. The molecule has 0 fully saturated rings. The second kappa shape index (κ2) is 16.9. The maximum atomic E-state index is 13.3. The van der Waals surface area contributed by atoms with Gasteiger partial charge in [-0.05, 0) is 51.6 Å². The lowest BCUT2D eigenvalue weighted by Gasteiger charge is -2.25. The highest BCUT2D eigenvalue weighted by molar-refractivity contribution is 5.94. The van der Waals surface area contributed by atoms with E-state index in [2.05, 4.69) is 35.9 Å². The molecule has 2 aromatic rings. The first kappa shape index (κ1) is 31.4. The lowest BCUT2D eigenvalue weighted by molar-refractivity contribution is -0.142. The minimum Gasteiger partial charge on any atom is -0.480 e. The molecule has 12 N–H and O–H groups in total. The Labute approximate surface area is 226 Å². The van der Waals surface area contributed by atoms with E-state index in [-0.39, 0.29) is 25.7 Å². The molecule has 0 aliphatic carbocycles. The van der Waals surface area contributed by atoms with Crippen LogP contribution in [0.4, 0.5) is 0 Å². The van der Waals surface area contributed by atoms with Gasteiger partial charge in [0.25, 0.3) is 0 Å². The zero-order valence-electron chi connectivity index (χ0n) is 21.9. The third-order valence-electron chi connectivity index (χ3n) is 6.08. The van der Waals surface area contributed by atoms with Crippen molar-refractivity contribution in [1.29, 1.82) is 0 Å². The van der Waals surface area contributed by atoms with Gasteiger partial charge in [0, 0.05) is 36.6 Å². The largest absolute Gasteiger partial charge is 0.480 e. The zero-order chi connectivity index (χ0) is 28.6. The molecule has 2 aromatic heterocycles. The molecule has 3 amide bonds. The fourth-order valence-electron chi connectivity index (χ4n) is 3.89. The number of unbranched alkanes of at least 4 members (excludes halogenated alkanes) is 2. The molecule has 0 bridgehead atoms. The number of hydrogen-bond acceptors (Lipinski definition) is 9. The van der Waals surface area contributed by atoms with E-state index in [4.69, 9.17) is 17.2 Å². The number of carboxylic acid groups (broad SMARTS) is 1. The van der Waals surface area contributed by atoms with Crippen LogP contribution in [0.1, 0.15) is 49.9 Å². The molecular formula is C24H40N10O5. The Hall–Kier alpha value is -3.82. The van der Waals surface area contributed by atoms with Gasteiger partial charge in [-0.2, -0.15) is 0 Å². The van der Waals surface area contributed by atoms with Crippen LogP contribution in [-0.2, 0) is 32.0 Å². The minimum atomic E-state index is -1.24. The third kappa shape index (κ3) is 11.2. The number of aliphatic carboxylic acids is 1. The summed E-state index contributed by atoms with van der Waals surface area (Å²) in [4.78, 5) is 64.4. The summed E-state index contributed by atoms with van der Waals surface area (Å²) in [6.45, 7) is 0.810. The number of hydrogen-bond donors (Lipinski definition) is 9. The molecule has 2 rings (SSSR count). The number of aromatic nitrogens is 4. The maximum Gasteiger partial charge on any atom is 0.326 e. The average molecular weight is 549 g/mol. The van der Waals surface area contributed by atoms with Crippen molar-refractivity contribution >= 4 is 23.7 Å². The van der Waals surface area contributed by atoms with E-state index < -0.39 is 47.9 Å². The van der Waals surface area contributed by atoms with Gasteiger partial charge in [0.05, 0.1) is 18.7 Å². The number of H-pyrrole nitrogens is 2. The quantitative estimate of drug-likeness (QED) is 0.0875. The van der Waals surface area contributed by atoms with Gasteiger partial charge < -0.3 is 48.2 Å². The normalized spacial score (nSPS) is 14.1. The number of nitrogens with one attached hydrogen (secondary N) is 5. The average Bonchev–Trinajstić information content (AvgIpc) is 3.61. The van der Waals surface area contributed by atoms with Crippen molar-refractivity contribution in [2.24, 2.45) is 17.2 Å². The molecule has 4 atom stereocenters. The topological polar surface area (TPSA) is 260 Å². The van der Waals surface area contributed by atoms with E-state index in [0.717, 1.165) is 0 Å². The first-order chi connectivity index (χ1) is 18.7. The summed E-state index contributed by atoms with van der Waals surface area (Å²) in [5, 5.41) is 17.5. The Morgan fingerprint density at radius 1 is 0.744 bits per heavy atom. The summed E-state index contributed by atoms with van der Waals surface area (Å²) in [5.41, 5.74) is 18.4. The second-order valence-electron chi connectivity index (χ2n) is 9.26. The van der Waals surface area contributed by atoms with E-state index >= 15 is 0 Å². The van der Waals surface area contributed by atoms with Gasteiger partial charge >= 0.3 is 5.97 Å². The van der Waals surface area contributed by atoms with Gasteiger partial charge in [0.15, 0.2) is 0 Å². The SMILES string of the molecule is NCCCCC(NC(=O)C(N)Cc1cnc[nH]1)C(=O)NC(CCCCN)C(=O)NC(Cc1cnc[nH]1)C(=O)O. The molecule has 0 saturated heterocycles. The highest BCUT2D eigenvalue weighted by Gasteiger charge is 2.30. The fourth-order valence-corrected chi connectivity index (χ4v) is 3.89. The number of rotatable bonds is 19. The van der Waals surface area contributed by atoms with Crippen LogP contribution in [0.5, 0.6) is 0 Å². The molecule has 0 saturated carbocycles. The standard InChI is InChI=1S/C24H40N10O5/c25-7-3-1-5-18(32-21(35)17(27)9-15-11-28-13-30-15)22(36)33-19(6-2-4-8-26)23(37)34-20(24(38)39)10-16-12-29-14-31-16/h11-14,17-20H,1-10,25-27H2,(H,28,30)(H,29,31)(H,32,35)(H,33,36)(H,34,37)(H,38,39). The molecule has 39 heavy (non-hydrogen) atoms. The van der Waals surface area contributed by atoms with Crippen molar-refractivity contribution in [2.75, 3.05) is 13.1 Å². The van der Waals surface area contributed by atoms with Crippen LogP contribution in [-0.4, -0.2) is 86.0 Å². The summed E-state index contributed by atoms with van der Waals surface area (Å²) >= 11 is 0. The second-order valence-corrected chi connectivity index (χ2v) is 9.26. The molecule has 4 unspecified atom stereocenters. The van der Waals surface area contributed by atoms with Gasteiger partial charge in [0.2, 0.25) is 17.7 Å². The Kier molecular flexibility index (Phi) is 13.6. The molecule has 15 nitrogen and oxygen atoms in total. The lowest BCUT2D eigenvalue weighted by Crippen LogP contribution is -2.57. The fraction of sp³-hybridized carbons (Fsp3) is 0.583. The van der Waals surface area contributed by atoms with Crippen molar-refractivity contribution in [3.8, 4) is 0 Å². The van der Waals surface area contributed by atoms with Crippen LogP contribution in [0.2, 0.25) is 0 Å². The first-order valence-corrected chi connectivity index (χ1v) is 13.0. The van der Waals surface area contributed by atoms with Crippen molar-refractivity contribution in [3.63, 3.8) is 0 Å². The summed E-state index contributed by atoms with van der Waals surface area (Å²) in [7, 11) is 0. The highest BCUT2D eigenvalue weighted by atomic mass is 16.4. The highest BCUT2D eigenvalue weighted by Crippen LogP contribution is 2.08. The summed E-state index contributed by atoms with van der Waals surface area (Å²) < 4.78 is 0. The molecule has 216 valence electrons. The molecule has 0 spiro atoms. The number of amides is 3. The van der Waals surface area contributed by atoms with Crippen molar-refractivity contribution in [2.45, 2.75) is 75.5 Å². The van der Waals surface area contributed by atoms with Crippen LogP contribution >= 0.6 is 0 Å². The summed E-state index contributed by atoms with van der Waals surface area (Å²) in [6.07, 6.45) is 8.91. The van der Waals surface area contributed by atoms with Gasteiger partial charge in [-0.25, -0.2) is 14.8 Å². The van der Waals surface area contributed by atoms with Crippen LogP contribution in [0.25, 0.3) is 0 Å².